The van der Waals surface area contributed by atoms with Gasteiger partial charge in [-0.1, -0.05) is 27.7 Å². The van der Waals surface area contributed by atoms with Crippen molar-refractivity contribution in [2.75, 3.05) is 0 Å². The Bertz CT molecular complexity index is 453. The van der Waals surface area contributed by atoms with Crippen LogP contribution in [0.5, 0.6) is 5.75 Å². The van der Waals surface area contributed by atoms with Gasteiger partial charge >= 0.3 is 0 Å². The van der Waals surface area contributed by atoms with Gasteiger partial charge in [0.15, 0.2) is 0 Å². The maximum atomic E-state index is 11.7. The largest absolute Gasteiger partial charge is 0.507 e. The minimum atomic E-state index is -1.01. The summed E-state index contributed by atoms with van der Waals surface area (Å²) in [5, 5.41) is 17.8. The zero-order chi connectivity index (χ0) is 15.6. The minimum absolute atomic E-state index is 0.386. The number of carbonyl (C=O) groups is 1. The number of nitrogens with zero attached hydrogens (tertiary/aromatic N) is 1. The number of rotatable bonds is 2. The minimum Gasteiger partial charge on any atom is -0.507 e. The van der Waals surface area contributed by atoms with Crippen molar-refractivity contribution in [3.63, 3.8) is 0 Å². The maximum Gasteiger partial charge on any atom is 0.284 e. The highest BCUT2D eigenvalue weighted by Crippen LogP contribution is 2.14. The first-order valence-electron chi connectivity index (χ1n) is 6.40. The highest BCUT2D eigenvalue weighted by Gasteiger charge is 2.18. The lowest BCUT2D eigenvalue weighted by atomic mass is 10.2. The molecule has 110 valence electrons. The van der Waals surface area contributed by atoms with Crippen LogP contribution in [0, 0.1) is 6.92 Å². The van der Waals surface area contributed by atoms with E-state index < -0.39 is 22.8 Å². The summed E-state index contributed by atoms with van der Waals surface area (Å²) in [6, 6.07) is 1.30. The summed E-state index contributed by atoms with van der Waals surface area (Å²) in [6.45, 7) is 11.8. The van der Waals surface area contributed by atoms with E-state index in [4.69, 9.17) is 5.21 Å². The van der Waals surface area contributed by atoms with Crippen molar-refractivity contribution < 1.29 is 15.1 Å². The molecule has 1 amide bonds. The van der Waals surface area contributed by atoms with Crippen LogP contribution in [0.25, 0.3) is 0 Å². The SMILES string of the molecule is CC.CC.CCn1c(C)cc(O)c(C(=O)NO)c1=O. The van der Waals surface area contributed by atoms with Gasteiger partial charge in [-0.15, -0.1) is 0 Å². The van der Waals surface area contributed by atoms with Crippen LogP contribution >= 0.6 is 0 Å². The van der Waals surface area contributed by atoms with Gasteiger partial charge in [0, 0.05) is 18.3 Å². The fourth-order valence-electron chi connectivity index (χ4n) is 1.41. The second-order valence-electron chi connectivity index (χ2n) is 3.04. The second kappa shape index (κ2) is 10.1. The predicted octanol–water partition coefficient (Wildman–Crippen LogP) is 2.05. The van der Waals surface area contributed by atoms with E-state index >= 15 is 0 Å². The molecule has 6 heteroatoms. The van der Waals surface area contributed by atoms with Gasteiger partial charge in [-0.2, -0.15) is 0 Å². The van der Waals surface area contributed by atoms with Crippen LogP contribution in [-0.2, 0) is 6.54 Å². The molecule has 0 saturated heterocycles. The number of aromatic hydroxyl groups is 1. The van der Waals surface area contributed by atoms with E-state index in [1.807, 2.05) is 27.7 Å². The maximum absolute atomic E-state index is 11.7. The highest BCUT2D eigenvalue weighted by atomic mass is 16.5. The van der Waals surface area contributed by atoms with Crippen molar-refractivity contribution in [2.45, 2.75) is 48.1 Å². The number of aryl methyl sites for hydroxylation is 1. The van der Waals surface area contributed by atoms with E-state index in [-0.39, 0.29) is 0 Å². The summed E-state index contributed by atoms with van der Waals surface area (Å²) in [4.78, 5) is 22.8. The standard InChI is InChI=1S/C9H12N2O4.2C2H6/c1-3-11-5(2)4-6(12)7(9(11)14)8(13)10-15;2*1-2/h4,12,15H,3H2,1-2H3,(H,10,13);2*1-2H3. The molecule has 0 aromatic carbocycles. The number of hydrogen-bond acceptors (Lipinski definition) is 4. The molecule has 1 rings (SSSR count). The zero-order valence-electron chi connectivity index (χ0n) is 12.4. The Labute approximate surface area is 113 Å². The van der Waals surface area contributed by atoms with Crippen molar-refractivity contribution in [1.29, 1.82) is 0 Å². The summed E-state index contributed by atoms with van der Waals surface area (Å²) in [5.74, 6) is -1.45. The van der Waals surface area contributed by atoms with Crippen molar-refractivity contribution in [1.82, 2.24) is 10.0 Å². The van der Waals surface area contributed by atoms with E-state index in [0.717, 1.165) is 0 Å². The molecule has 1 aromatic heterocycles. The fraction of sp³-hybridized carbons (Fsp3) is 0.538. The molecule has 0 aliphatic heterocycles. The van der Waals surface area contributed by atoms with Crippen LogP contribution in [0.15, 0.2) is 10.9 Å². The molecule has 0 atom stereocenters. The van der Waals surface area contributed by atoms with E-state index in [1.165, 1.54) is 16.1 Å². The smallest absolute Gasteiger partial charge is 0.284 e. The lowest BCUT2D eigenvalue weighted by Crippen LogP contribution is -2.32. The number of amides is 1. The average Bonchev–Trinajstić information content (AvgIpc) is 2.43. The Morgan fingerprint density at radius 2 is 1.79 bits per heavy atom. The summed E-state index contributed by atoms with van der Waals surface area (Å²) in [6.07, 6.45) is 0. The van der Waals surface area contributed by atoms with Crippen LogP contribution in [-0.4, -0.2) is 20.8 Å². The van der Waals surface area contributed by atoms with Gasteiger partial charge in [0.2, 0.25) is 0 Å². The second-order valence-corrected chi connectivity index (χ2v) is 3.04. The van der Waals surface area contributed by atoms with Crippen molar-refractivity contribution in [3.05, 3.63) is 27.7 Å². The van der Waals surface area contributed by atoms with Crippen molar-refractivity contribution in [3.8, 4) is 5.75 Å². The van der Waals surface area contributed by atoms with Gasteiger partial charge in [-0.3, -0.25) is 14.8 Å². The molecule has 0 unspecified atom stereocenters. The molecule has 0 aliphatic rings. The fourth-order valence-corrected chi connectivity index (χ4v) is 1.41. The molecule has 19 heavy (non-hydrogen) atoms. The number of aromatic nitrogens is 1. The lowest BCUT2D eigenvalue weighted by Gasteiger charge is -2.10. The van der Waals surface area contributed by atoms with Gasteiger partial charge < -0.3 is 9.67 Å². The van der Waals surface area contributed by atoms with Crippen LogP contribution in [0.3, 0.4) is 0 Å². The first-order valence-corrected chi connectivity index (χ1v) is 6.40. The van der Waals surface area contributed by atoms with Gasteiger partial charge in [-0.05, 0) is 13.8 Å². The monoisotopic (exact) mass is 272 g/mol. The summed E-state index contributed by atoms with van der Waals surface area (Å²) in [5.41, 5.74) is 0.795. The molecular formula is C13H24N2O4. The molecule has 1 aromatic rings. The van der Waals surface area contributed by atoms with Gasteiger partial charge in [0.1, 0.15) is 11.3 Å². The number of carbonyl (C=O) groups excluding carboxylic acids is 1. The first kappa shape index (κ1) is 19.5. The molecule has 0 aliphatic carbocycles. The van der Waals surface area contributed by atoms with Crippen molar-refractivity contribution in [2.24, 2.45) is 0 Å². The topological polar surface area (TPSA) is 91.6 Å². The number of hydrogen-bond donors (Lipinski definition) is 3. The highest BCUT2D eigenvalue weighted by molar-refractivity contribution is 5.95. The molecule has 0 bridgehead atoms. The summed E-state index contributed by atoms with van der Waals surface area (Å²) in [7, 11) is 0. The van der Waals surface area contributed by atoms with E-state index in [9.17, 15) is 14.7 Å². The van der Waals surface area contributed by atoms with E-state index in [1.54, 1.807) is 13.8 Å². The molecule has 0 radical (unpaired) electrons. The average molecular weight is 272 g/mol. The molecule has 0 saturated carbocycles. The number of hydroxylamine groups is 1. The third kappa shape index (κ3) is 4.75. The third-order valence-corrected chi connectivity index (χ3v) is 2.13. The molecule has 0 spiro atoms. The quantitative estimate of drug-likeness (QED) is 0.567. The van der Waals surface area contributed by atoms with E-state index in [0.29, 0.717) is 12.2 Å². The summed E-state index contributed by atoms with van der Waals surface area (Å²) >= 11 is 0. The Morgan fingerprint density at radius 3 is 2.16 bits per heavy atom. The number of nitrogens with one attached hydrogen (secondary N) is 1. The van der Waals surface area contributed by atoms with Gasteiger partial charge in [-0.25, -0.2) is 5.48 Å². The van der Waals surface area contributed by atoms with Crippen LogP contribution in [0.1, 0.15) is 50.7 Å². The summed E-state index contributed by atoms with van der Waals surface area (Å²) < 4.78 is 1.32. The zero-order valence-corrected chi connectivity index (χ0v) is 12.4. The van der Waals surface area contributed by atoms with Crippen molar-refractivity contribution >= 4 is 5.91 Å². The Kier molecular flexibility index (Phi) is 10.4. The third-order valence-electron chi connectivity index (χ3n) is 2.13. The van der Waals surface area contributed by atoms with Crippen LogP contribution < -0.4 is 11.0 Å². The predicted molar refractivity (Wildman–Crippen MR) is 74.7 cm³/mol. The molecule has 1 heterocycles. The lowest BCUT2D eigenvalue weighted by molar-refractivity contribution is 0.0701. The van der Waals surface area contributed by atoms with Gasteiger partial charge in [0.05, 0.1) is 0 Å². The Balaban J connectivity index is 0. The molecular weight excluding hydrogens is 248 g/mol. The Morgan fingerprint density at radius 1 is 1.32 bits per heavy atom. The van der Waals surface area contributed by atoms with Gasteiger partial charge in [0.25, 0.3) is 11.5 Å². The Hall–Kier alpha value is -1.82. The molecule has 0 fully saturated rings. The normalized spacial score (nSPS) is 8.58. The molecule has 6 nitrogen and oxygen atoms in total. The molecule has 3 N–H and O–H groups in total. The number of pyridine rings is 1. The van der Waals surface area contributed by atoms with Crippen LogP contribution in [0.2, 0.25) is 0 Å². The first-order chi connectivity index (χ1) is 9.02. The van der Waals surface area contributed by atoms with E-state index in [2.05, 4.69) is 0 Å². The van der Waals surface area contributed by atoms with Crippen LogP contribution in [0.4, 0.5) is 0 Å².